The Bertz CT molecular complexity index is 1230. The second kappa shape index (κ2) is 9.05. The Kier molecular flexibility index (Phi) is 6.17. The number of halogens is 3. The van der Waals surface area contributed by atoms with E-state index in [0.29, 0.717) is 43.6 Å². The first-order valence-corrected chi connectivity index (χ1v) is 10.4. The van der Waals surface area contributed by atoms with Crippen molar-refractivity contribution in [1.29, 1.82) is 0 Å². The number of rotatable bonds is 4. The van der Waals surface area contributed by atoms with Crippen molar-refractivity contribution in [3.05, 3.63) is 76.1 Å². The van der Waals surface area contributed by atoms with Gasteiger partial charge in [-0.2, -0.15) is 18.3 Å². The van der Waals surface area contributed by atoms with E-state index in [1.165, 1.54) is 23.2 Å². The van der Waals surface area contributed by atoms with Gasteiger partial charge in [-0.25, -0.2) is 0 Å². The van der Waals surface area contributed by atoms with Gasteiger partial charge in [-0.15, -0.1) is 0 Å². The fourth-order valence-electron chi connectivity index (χ4n) is 3.84. The Hall–Kier alpha value is -3.69. The molecule has 2 amide bonds. The maximum absolute atomic E-state index is 12.7. The predicted molar refractivity (Wildman–Crippen MR) is 115 cm³/mol. The summed E-state index contributed by atoms with van der Waals surface area (Å²) in [4.78, 5) is 40.4. The van der Waals surface area contributed by atoms with Gasteiger partial charge < -0.3 is 9.80 Å². The lowest BCUT2D eigenvalue weighted by atomic mass is 10.1. The van der Waals surface area contributed by atoms with Gasteiger partial charge in [0.15, 0.2) is 0 Å². The van der Waals surface area contributed by atoms with Crippen molar-refractivity contribution in [2.75, 3.05) is 26.2 Å². The lowest BCUT2D eigenvalue weighted by Crippen LogP contribution is -2.50. The van der Waals surface area contributed by atoms with Crippen molar-refractivity contribution < 1.29 is 22.8 Å². The smallest absolute Gasteiger partial charge is 0.339 e. The van der Waals surface area contributed by atoms with Crippen LogP contribution in [0.25, 0.3) is 10.9 Å². The van der Waals surface area contributed by atoms with Crippen molar-refractivity contribution >= 4 is 22.7 Å². The van der Waals surface area contributed by atoms with Crippen LogP contribution in [0.3, 0.4) is 0 Å². The number of carbonyl (C=O) groups excluding carboxylic acids is 2. The van der Waals surface area contributed by atoms with E-state index in [2.05, 4.69) is 5.10 Å². The van der Waals surface area contributed by atoms with E-state index in [1.807, 2.05) is 0 Å². The SMILES string of the molecule is O=C(CCn1ncc(=O)c2ccccc21)N1CCN(C(=O)c2ccc(C(F)(F)F)cc2)CC1. The zero-order valence-electron chi connectivity index (χ0n) is 17.6. The number of amides is 2. The van der Waals surface area contributed by atoms with E-state index in [9.17, 15) is 27.6 Å². The lowest BCUT2D eigenvalue weighted by Gasteiger charge is -2.35. The molecule has 0 N–H and O–H groups in total. The van der Waals surface area contributed by atoms with Crippen LogP contribution >= 0.6 is 0 Å². The molecule has 0 radical (unpaired) electrons. The molecule has 1 aliphatic rings. The number of alkyl halides is 3. The number of piperazine rings is 1. The van der Waals surface area contributed by atoms with E-state index < -0.39 is 11.7 Å². The average Bonchev–Trinajstić information content (AvgIpc) is 2.83. The summed E-state index contributed by atoms with van der Waals surface area (Å²) in [6.07, 6.45) is -3.03. The molecule has 2 aromatic carbocycles. The molecule has 10 heteroatoms. The van der Waals surface area contributed by atoms with Gasteiger partial charge in [-0.1, -0.05) is 12.1 Å². The molecule has 0 saturated carbocycles. The van der Waals surface area contributed by atoms with Gasteiger partial charge in [0.25, 0.3) is 5.91 Å². The number of hydrogen-bond acceptors (Lipinski definition) is 4. The summed E-state index contributed by atoms with van der Waals surface area (Å²) in [7, 11) is 0. The molecule has 0 aliphatic carbocycles. The highest BCUT2D eigenvalue weighted by Gasteiger charge is 2.31. The van der Waals surface area contributed by atoms with Crippen molar-refractivity contribution in [2.24, 2.45) is 0 Å². The minimum Gasteiger partial charge on any atom is -0.339 e. The number of fused-ring (bicyclic) bond motifs is 1. The van der Waals surface area contributed by atoms with Crippen LogP contribution in [-0.4, -0.2) is 57.6 Å². The highest BCUT2D eigenvalue weighted by atomic mass is 19.4. The van der Waals surface area contributed by atoms with Gasteiger partial charge in [-0.05, 0) is 36.4 Å². The second-order valence-electron chi connectivity index (χ2n) is 7.75. The van der Waals surface area contributed by atoms with Crippen LogP contribution in [0.1, 0.15) is 22.3 Å². The van der Waals surface area contributed by atoms with Crippen LogP contribution in [-0.2, 0) is 17.5 Å². The summed E-state index contributed by atoms with van der Waals surface area (Å²) in [5, 5.41) is 4.66. The van der Waals surface area contributed by atoms with Crippen LogP contribution in [0.15, 0.2) is 59.5 Å². The van der Waals surface area contributed by atoms with E-state index >= 15 is 0 Å². The number of hydrogen-bond donors (Lipinski definition) is 0. The summed E-state index contributed by atoms with van der Waals surface area (Å²) in [6.45, 7) is 1.58. The van der Waals surface area contributed by atoms with E-state index in [4.69, 9.17) is 0 Å². The summed E-state index contributed by atoms with van der Waals surface area (Å²) >= 11 is 0. The van der Waals surface area contributed by atoms with Gasteiger partial charge in [0.2, 0.25) is 11.3 Å². The number of aromatic nitrogens is 2. The standard InChI is InChI=1S/C23H21F3N4O3/c24-23(25,26)17-7-5-16(6-8-17)22(33)29-13-11-28(12-14-29)21(32)9-10-30-19-4-2-1-3-18(19)20(31)15-27-30/h1-8,15H,9-14H2. The zero-order chi connectivity index (χ0) is 23.6. The zero-order valence-corrected chi connectivity index (χ0v) is 17.6. The van der Waals surface area contributed by atoms with Crippen LogP contribution in [0.4, 0.5) is 13.2 Å². The molecule has 0 unspecified atom stereocenters. The molecule has 4 rings (SSSR count). The van der Waals surface area contributed by atoms with Crippen LogP contribution in [0.2, 0.25) is 0 Å². The van der Waals surface area contributed by atoms with Crippen molar-refractivity contribution in [2.45, 2.75) is 19.1 Å². The molecule has 1 fully saturated rings. The maximum atomic E-state index is 12.7. The molecule has 0 bridgehead atoms. The van der Waals surface area contributed by atoms with Crippen molar-refractivity contribution in [3.8, 4) is 0 Å². The van der Waals surface area contributed by atoms with Gasteiger partial charge >= 0.3 is 6.18 Å². The Morgan fingerprint density at radius 3 is 2.21 bits per heavy atom. The Labute approximate surface area is 187 Å². The number of aryl methyl sites for hydroxylation is 1. The van der Waals surface area contributed by atoms with E-state index in [-0.39, 0.29) is 29.2 Å². The fraction of sp³-hybridized carbons (Fsp3) is 0.304. The van der Waals surface area contributed by atoms with Gasteiger partial charge in [0.05, 0.1) is 23.8 Å². The van der Waals surface area contributed by atoms with Crippen molar-refractivity contribution in [3.63, 3.8) is 0 Å². The number of nitrogens with zero attached hydrogens (tertiary/aromatic N) is 4. The molecule has 0 spiro atoms. The first-order valence-electron chi connectivity index (χ1n) is 10.4. The number of carbonyl (C=O) groups is 2. The summed E-state index contributed by atoms with van der Waals surface area (Å²) < 4.78 is 39.7. The highest BCUT2D eigenvalue weighted by Crippen LogP contribution is 2.29. The molecule has 1 aliphatic heterocycles. The number of benzene rings is 2. The second-order valence-corrected chi connectivity index (χ2v) is 7.75. The Morgan fingerprint density at radius 1 is 0.909 bits per heavy atom. The molecule has 172 valence electrons. The minimum absolute atomic E-state index is 0.0961. The topological polar surface area (TPSA) is 75.5 Å². The molecule has 1 saturated heterocycles. The summed E-state index contributed by atoms with van der Waals surface area (Å²) in [5.74, 6) is -0.457. The van der Waals surface area contributed by atoms with Crippen LogP contribution < -0.4 is 5.43 Å². The first kappa shape index (κ1) is 22.5. The monoisotopic (exact) mass is 458 g/mol. The van der Waals surface area contributed by atoms with Gasteiger partial charge in [-0.3, -0.25) is 19.1 Å². The van der Waals surface area contributed by atoms with Gasteiger partial charge in [0, 0.05) is 43.5 Å². The van der Waals surface area contributed by atoms with Crippen LogP contribution in [0, 0.1) is 0 Å². The molecular formula is C23H21F3N4O3. The molecule has 33 heavy (non-hydrogen) atoms. The molecular weight excluding hydrogens is 437 g/mol. The number of para-hydroxylation sites is 1. The third-order valence-corrected chi connectivity index (χ3v) is 5.68. The lowest BCUT2D eigenvalue weighted by molar-refractivity contribution is -0.137. The van der Waals surface area contributed by atoms with Crippen molar-refractivity contribution in [1.82, 2.24) is 19.6 Å². The van der Waals surface area contributed by atoms with E-state index in [1.54, 1.807) is 33.8 Å². The summed E-state index contributed by atoms with van der Waals surface area (Å²) in [5.41, 5.74) is -0.148. The predicted octanol–water partition coefficient (Wildman–Crippen LogP) is 2.79. The molecule has 1 aromatic heterocycles. The highest BCUT2D eigenvalue weighted by molar-refractivity contribution is 5.94. The Balaban J connectivity index is 1.33. The minimum atomic E-state index is -4.45. The van der Waals surface area contributed by atoms with E-state index in [0.717, 1.165) is 12.1 Å². The normalized spacial score (nSPS) is 14.5. The molecule has 7 nitrogen and oxygen atoms in total. The Morgan fingerprint density at radius 2 is 1.55 bits per heavy atom. The fourth-order valence-corrected chi connectivity index (χ4v) is 3.84. The third-order valence-electron chi connectivity index (χ3n) is 5.68. The first-order chi connectivity index (χ1) is 15.7. The van der Waals surface area contributed by atoms with Crippen LogP contribution in [0.5, 0.6) is 0 Å². The average molecular weight is 458 g/mol. The van der Waals surface area contributed by atoms with Gasteiger partial charge in [0.1, 0.15) is 0 Å². The largest absolute Gasteiger partial charge is 0.416 e. The third kappa shape index (κ3) is 4.89. The molecule has 3 aromatic rings. The maximum Gasteiger partial charge on any atom is 0.416 e. The molecule has 2 heterocycles. The quantitative estimate of drug-likeness (QED) is 0.603. The molecule has 0 atom stereocenters. The summed E-state index contributed by atoms with van der Waals surface area (Å²) in [6, 6.07) is 11.2.